The summed E-state index contributed by atoms with van der Waals surface area (Å²) in [5, 5.41) is 0.350. The second-order valence-corrected chi connectivity index (χ2v) is 12.1. The number of benzene rings is 1. The van der Waals surface area contributed by atoms with Crippen LogP contribution in [0.1, 0.15) is 51.9 Å². The monoisotopic (exact) mass is 502 g/mol. The van der Waals surface area contributed by atoms with Gasteiger partial charge in [-0.25, -0.2) is 8.42 Å². The zero-order valence-corrected chi connectivity index (χ0v) is 21.6. The molecule has 0 aliphatic carbocycles. The number of carbonyl (C=O) groups excluding carboxylic acids is 2. The highest BCUT2D eigenvalue weighted by Gasteiger charge is 2.32. The Labute approximate surface area is 194 Å². The van der Waals surface area contributed by atoms with Gasteiger partial charge in [0, 0.05) is 17.1 Å². The number of carbonyl (C=O) groups is 2. The molecule has 2 aromatic rings. The third-order valence-corrected chi connectivity index (χ3v) is 7.03. The number of esters is 1. The Kier molecular flexibility index (Phi) is 8.17. The molecule has 1 heterocycles. The summed E-state index contributed by atoms with van der Waals surface area (Å²) in [6.45, 7) is 9.71. The average Bonchev–Trinajstić information content (AvgIpc) is 2.96. The number of nitrogens with one attached hydrogen (secondary N) is 1. The van der Waals surface area contributed by atoms with Crippen molar-refractivity contribution in [3.05, 3.63) is 23.9 Å². The van der Waals surface area contributed by atoms with Gasteiger partial charge in [0.25, 0.3) is 0 Å². The predicted octanol–water partition coefficient (Wildman–Crippen LogP) is 3.45. The van der Waals surface area contributed by atoms with Crippen molar-refractivity contribution in [1.82, 2.24) is 4.57 Å². The van der Waals surface area contributed by atoms with E-state index in [4.69, 9.17) is 13.8 Å². The first-order valence-electron chi connectivity index (χ1n) is 10.4. The molecule has 0 atom stereocenters. The van der Waals surface area contributed by atoms with Crippen LogP contribution in [0.25, 0.3) is 10.9 Å². The maximum Gasteiger partial charge on any atom is 0.363 e. The van der Waals surface area contributed by atoms with E-state index in [1.807, 2.05) is 0 Å². The highest BCUT2D eigenvalue weighted by atomic mass is 32.2. The first kappa shape index (κ1) is 27.0. The number of anilines is 1. The van der Waals surface area contributed by atoms with Crippen LogP contribution in [-0.4, -0.2) is 49.8 Å². The van der Waals surface area contributed by atoms with Crippen LogP contribution in [0, 0.1) is 0 Å². The molecular formula is C21H31N2O8PS. The van der Waals surface area contributed by atoms with Crippen LogP contribution >= 0.6 is 7.60 Å². The van der Waals surface area contributed by atoms with Crippen LogP contribution in [0.15, 0.2) is 18.3 Å². The van der Waals surface area contributed by atoms with Crippen molar-refractivity contribution < 1.29 is 36.4 Å². The number of aromatic nitrogens is 1. The minimum Gasteiger partial charge on any atom is -0.459 e. The molecule has 0 saturated heterocycles. The summed E-state index contributed by atoms with van der Waals surface area (Å²) in [7, 11) is -7.72. The van der Waals surface area contributed by atoms with Gasteiger partial charge in [0.1, 0.15) is 12.1 Å². The van der Waals surface area contributed by atoms with Crippen LogP contribution in [0.4, 0.5) is 5.69 Å². The fraction of sp³-hybridized carbons (Fsp3) is 0.524. The molecule has 0 aliphatic rings. The summed E-state index contributed by atoms with van der Waals surface area (Å²) in [4.78, 5) is 24.8. The summed E-state index contributed by atoms with van der Waals surface area (Å²) in [6, 6.07) is 2.82. The first-order chi connectivity index (χ1) is 15.1. The summed E-state index contributed by atoms with van der Waals surface area (Å²) < 4.78 is 57.7. The van der Waals surface area contributed by atoms with Gasteiger partial charge in [0.05, 0.1) is 36.0 Å². The van der Waals surface area contributed by atoms with E-state index in [0.29, 0.717) is 10.9 Å². The Morgan fingerprint density at radius 1 is 1.12 bits per heavy atom. The van der Waals surface area contributed by atoms with Gasteiger partial charge in [0.2, 0.25) is 10.0 Å². The number of ketones is 1. The molecule has 0 bridgehead atoms. The zero-order valence-electron chi connectivity index (χ0n) is 19.9. The van der Waals surface area contributed by atoms with E-state index in [1.54, 1.807) is 34.6 Å². The Balaban J connectivity index is 2.82. The maximum absolute atomic E-state index is 13.6. The van der Waals surface area contributed by atoms with E-state index in [-0.39, 0.29) is 42.1 Å². The second kappa shape index (κ2) is 9.97. The summed E-state index contributed by atoms with van der Waals surface area (Å²) >= 11 is 0. The number of Topliss-reactive ketones (excluding diaryl/α,β-unsaturated/α-hetero) is 1. The minimum absolute atomic E-state index is 0.0252. The minimum atomic E-state index is -3.94. The van der Waals surface area contributed by atoms with Gasteiger partial charge in [-0.15, -0.1) is 0 Å². The topological polar surface area (TPSA) is 130 Å². The normalized spacial score (nSPS) is 12.7. The molecule has 1 N–H and O–H groups in total. The van der Waals surface area contributed by atoms with Crippen molar-refractivity contribution >= 4 is 51.3 Å². The molecule has 0 saturated carbocycles. The van der Waals surface area contributed by atoms with E-state index in [2.05, 4.69) is 4.72 Å². The van der Waals surface area contributed by atoms with Gasteiger partial charge in [-0.3, -0.25) is 18.9 Å². The van der Waals surface area contributed by atoms with Crippen molar-refractivity contribution in [2.45, 2.75) is 53.7 Å². The molecule has 0 unspecified atom stereocenters. The van der Waals surface area contributed by atoms with Gasteiger partial charge in [-0.05, 0) is 53.7 Å². The quantitative estimate of drug-likeness (QED) is 0.297. The van der Waals surface area contributed by atoms with Crippen molar-refractivity contribution in [2.24, 2.45) is 0 Å². The molecule has 12 heteroatoms. The van der Waals surface area contributed by atoms with Crippen molar-refractivity contribution in [1.29, 1.82) is 0 Å². The number of fused-ring (bicyclic) bond motifs is 1. The van der Waals surface area contributed by atoms with Gasteiger partial charge >= 0.3 is 13.6 Å². The van der Waals surface area contributed by atoms with Crippen LogP contribution in [0.2, 0.25) is 0 Å². The number of nitrogens with zero attached hydrogens (tertiary/aromatic N) is 1. The SMILES string of the molecule is CCOP(=O)(OCC)c1cc2c(cc1NS(C)(=O)=O)c(C(C)=O)cn2CC(=O)OC(C)(C)C. The van der Waals surface area contributed by atoms with Gasteiger partial charge in [0.15, 0.2) is 5.78 Å². The highest BCUT2D eigenvalue weighted by Crippen LogP contribution is 2.49. The van der Waals surface area contributed by atoms with Crippen LogP contribution in [-0.2, 0) is 39.7 Å². The second-order valence-electron chi connectivity index (χ2n) is 8.41. The maximum atomic E-state index is 13.6. The van der Waals surface area contributed by atoms with Crippen LogP contribution in [0.3, 0.4) is 0 Å². The predicted molar refractivity (Wildman–Crippen MR) is 127 cm³/mol. The Morgan fingerprint density at radius 3 is 2.15 bits per heavy atom. The Hall–Kier alpha value is -2.20. The van der Waals surface area contributed by atoms with Crippen LogP contribution in [0.5, 0.6) is 0 Å². The summed E-state index contributed by atoms with van der Waals surface area (Å²) in [5.74, 6) is -0.828. The smallest absolute Gasteiger partial charge is 0.363 e. The fourth-order valence-electron chi connectivity index (χ4n) is 3.27. The molecular weight excluding hydrogens is 471 g/mol. The number of sulfonamides is 1. The Bertz CT molecular complexity index is 1200. The molecule has 2 rings (SSSR count). The number of ether oxygens (including phenoxy) is 1. The number of hydrogen-bond donors (Lipinski definition) is 1. The van der Waals surface area contributed by atoms with Gasteiger partial charge in [-0.1, -0.05) is 0 Å². The number of hydrogen-bond acceptors (Lipinski definition) is 8. The van der Waals surface area contributed by atoms with E-state index in [0.717, 1.165) is 6.26 Å². The molecule has 33 heavy (non-hydrogen) atoms. The molecule has 0 amide bonds. The fourth-order valence-corrected chi connectivity index (χ4v) is 5.65. The molecule has 0 radical (unpaired) electrons. The molecule has 1 aromatic carbocycles. The molecule has 0 aliphatic heterocycles. The van der Waals surface area contributed by atoms with E-state index >= 15 is 0 Å². The van der Waals surface area contributed by atoms with Gasteiger partial charge < -0.3 is 18.4 Å². The average molecular weight is 503 g/mol. The molecule has 10 nitrogen and oxygen atoms in total. The van der Waals surface area contributed by atoms with E-state index < -0.39 is 29.2 Å². The lowest BCUT2D eigenvalue weighted by molar-refractivity contribution is -0.155. The van der Waals surface area contributed by atoms with Crippen molar-refractivity contribution in [3.63, 3.8) is 0 Å². The largest absolute Gasteiger partial charge is 0.459 e. The molecule has 0 fully saturated rings. The lowest BCUT2D eigenvalue weighted by atomic mass is 10.1. The highest BCUT2D eigenvalue weighted by molar-refractivity contribution is 7.92. The van der Waals surface area contributed by atoms with Crippen LogP contribution < -0.4 is 10.0 Å². The third kappa shape index (κ3) is 6.89. The molecule has 184 valence electrons. The zero-order chi connectivity index (χ0) is 25.2. The number of rotatable bonds is 10. The van der Waals surface area contributed by atoms with Gasteiger partial charge in [-0.2, -0.15) is 0 Å². The molecule has 1 aromatic heterocycles. The van der Waals surface area contributed by atoms with E-state index in [9.17, 15) is 22.6 Å². The summed E-state index contributed by atoms with van der Waals surface area (Å²) in [5.41, 5.74) is -0.104. The molecule has 0 spiro atoms. The lowest BCUT2D eigenvalue weighted by Crippen LogP contribution is -2.26. The first-order valence-corrected chi connectivity index (χ1v) is 13.8. The summed E-state index contributed by atoms with van der Waals surface area (Å²) in [6.07, 6.45) is 2.43. The van der Waals surface area contributed by atoms with Crippen molar-refractivity contribution in [2.75, 3.05) is 24.2 Å². The lowest BCUT2D eigenvalue weighted by Gasteiger charge is -2.21. The third-order valence-electron chi connectivity index (χ3n) is 4.29. The Morgan fingerprint density at radius 2 is 1.70 bits per heavy atom. The van der Waals surface area contributed by atoms with Crippen molar-refractivity contribution in [3.8, 4) is 0 Å². The van der Waals surface area contributed by atoms with E-state index in [1.165, 1.54) is 29.8 Å². The standard InChI is InChI=1S/C21H31N2O8PS/c1-8-29-32(26,30-9-2)19-11-18-15(10-17(19)22-33(7,27)28)16(14(3)24)12-23(18)13-20(25)31-21(4,5)6/h10-12,22H,8-9,13H2,1-7H3.